The molecule has 0 heterocycles. The average Bonchev–Trinajstić information content (AvgIpc) is 2.41. The number of carboxylic acid groups (broad SMARTS) is 1. The average molecular weight is 256 g/mol. The van der Waals surface area contributed by atoms with E-state index in [1.165, 1.54) is 6.07 Å². The van der Waals surface area contributed by atoms with Crippen LogP contribution in [-0.2, 0) is 0 Å². The molecule has 19 heavy (non-hydrogen) atoms. The molecule has 0 aliphatic heterocycles. The van der Waals surface area contributed by atoms with E-state index in [0.717, 1.165) is 5.56 Å². The second-order valence-corrected chi connectivity index (χ2v) is 4.39. The molecule has 4 N–H and O–H groups in total. The summed E-state index contributed by atoms with van der Waals surface area (Å²) in [6.07, 6.45) is 0. The van der Waals surface area contributed by atoms with Gasteiger partial charge in [0.2, 0.25) is 0 Å². The van der Waals surface area contributed by atoms with Crippen LogP contribution in [0.5, 0.6) is 0 Å². The fraction of sp³-hybridized carbons (Fsp3) is 0.133. The monoisotopic (exact) mass is 256 g/mol. The predicted molar refractivity (Wildman–Crippen MR) is 76.3 cm³/mol. The lowest BCUT2D eigenvalue weighted by Gasteiger charge is -2.17. The van der Waals surface area contributed by atoms with Crippen LogP contribution in [0, 0.1) is 0 Å². The van der Waals surface area contributed by atoms with Gasteiger partial charge in [-0.2, -0.15) is 0 Å². The van der Waals surface area contributed by atoms with Crippen molar-refractivity contribution in [1.82, 2.24) is 0 Å². The maximum atomic E-state index is 11.2. The smallest absolute Gasteiger partial charge is 0.337 e. The van der Waals surface area contributed by atoms with Crippen molar-refractivity contribution >= 4 is 17.3 Å². The van der Waals surface area contributed by atoms with Crippen LogP contribution in [-0.4, -0.2) is 11.1 Å². The van der Waals surface area contributed by atoms with E-state index < -0.39 is 5.97 Å². The Bertz CT molecular complexity index is 582. The molecule has 0 unspecified atom stereocenters. The molecule has 0 aliphatic rings. The Balaban J connectivity index is 2.26. The van der Waals surface area contributed by atoms with Crippen molar-refractivity contribution in [2.24, 2.45) is 0 Å². The molecule has 0 aromatic heterocycles. The quantitative estimate of drug-likeness (QED) is 0.734. The summed E-state index contributed by atoms with van der Waals surface area (Å²) in [6.45, 7) is 1.98. The third-order valence-electron chi connectivity index (χ3n) is 2.95. The third kappa shape index (κ3) is 3.04. The first-order chi connectivity index (χ1) is 9.08. The van der Waals surface area contributed by atoms with Gasteiger partial charge in [-0.05, 0) is 30.7 Å². The normalized spacial score (nSPS) is 11.8. The van der Waals surface area contributed by atoms with Crippen molar-refractivity contribution in [3.05, 3.63) is 59.7 Å². The van der Waals surface area contributed by atoms with Crippen LogP contribution in [0.1, 0.15) is 28.9 Å². The van der Waals surface area contributed by atoms with Crippen LogP contribution in [0.2, 0.25) is 0 Å². The van der Waals surface area contributed by atoms with Gasteiger partial charge in [0.25, 0.3) is 0 Å². The molecule has 0 radical (unpaired) electrons. The van der Waals surface area contributed by atoms with Crippen molar-refractivity contribution in [2.75, 3.05) is 11.1 Å². The molecule has 0 spiro atoms. The van der Waals surface area contributed by atoms with Crippen LogP contribution in [0.25, 0.3) is 0 Å². The lowest BCUT2D eigenvalue weighted by molar-refractivity contribution is 0.0698. The van der Waals surface area contributed by atoms with Gasteiger partial charge in [-0.3, -0.25) is 0 Å². The highest BCUT2D eigenvalue weighted by molar-refractivity contribution is 5.95. The van der Waals surface area contributed by atoms with Gasteiger partial charge >= 0.3 is 5.97 Å². The maximum absolute atomic E-state index is 11.2. The van der Waals surface area contributed by atoms with Crippen molar-refractivity contribution in [2.45, 2.75) is 13.0 Å². The largest absolute Gasteiger partial charge is 0.478 e. The number of hydrogen-bond acceptors (Lipinski definition) is 3. The van der Waals surface area contributed by atoms with Gasteiger partial charge in [-0.15, -0.1) is 0 Å². The van der Waals surface area contributed by atoms with E-state index in [-0.39, 0.29) is 11.6 Å². The molecule has 0 saturated heterocycles. The van der Waals surface area contributed by atoms with E-state index in [9.17, 15) is 9.90 Å². The number of nitrogens with two attached hydrogens (primary N) is 1. The topological polar surface area (TPSA) is 75.3 Å². The van der Waals surface area contributed by atoms with Gasteiger partial charge in [0.1, 0.15) is 0 Å². The molecular weight excluding hydrogens is 240 g/mol. The van der Waals surface area contributed by atoms with Crippen LogP contribution in [0.4, 0.5) is 11.4 Å². The molecule has 4 nitrogen and oxygen atoms in total. The van der Waals surface area contributed by atoms with Gasteiger partial charge in [0.15, 0.2) is 0 Å². The summed E-state index contributed by atoms with van der Waals surface area (Å²) >= 11 is 0. The molecule has 2 aromatic rings. The third-order valence-corrected chi connectivity index (χ3v) is 2.95. The number of rotatable bonds is 4. The van der Waals surface area contributed by atoms with Gasteiger partial charge in [0.05, 0.1) is 5.56 Å². The summed E-state index contributed by atoms with van der Waals surface area (Å²) in [5.41, 5.74) is 7.90. The summed E-state index contributed by atoms with van der Waals surface area (Å²) in [5, 5.41) is 12.4. The summed E-state index contributed by atoms with van der Waals surface area (Å²) in [4.78, 5) is 11.2. The van der Waals surface area contributed by atoms with Crippen LogP contribution in [0.15, 0.2) is 48.5 Å². The van der Waals surface area contributed by atoms with Crippen molar-refractivity contribution in [1.29, 1.82) is 0 Å². The zero-order valence-corrected chi connectivity index (χ0v) is 10.6. The summed E-state index contributed by atoms with van der Waals surface area (Å²) in [7, 11) is 0. The zero-order chi connectivity index (χ0) is 13.8. The Kier molecular flexibility index (Phi) is 3.71. The number of nitrogen functional groups attached to an aromatic ring is 1. The van der Waals surface area contributed by atoms with Gasteiger partial charge in [-0.25, -0.2) is 4.79 Å². The molecule has 2 aromatic carbocycles. The Morgan fingerprint density at radius 1 is 1.21 bits per heavy atom. The highest BCUT2D eigenvalue weighted by Crippen LogP contribution is 2.24. The SMILES string of the molecule is C[C@H](Nc1ccc(N)cc1C(=O)O)c1ccccc1. The summed E-state index contributed by atoms with van der Waals surface area (Å²) in [6, 6.07) is 14.7. The number of carbonyl (C=O) groups is 1. The highest BCUT2D eigenvalue weighted by Gasteiger charge is 2.13. The van der Waals surface area contributed by atoms with E-state index in [1.807, 2.05) is 37.3 Å². The second-order valence-electron chi connectivity index (χ2n) is 4.39. The fourth-order valence-electron chi connectivity index (χ4n) is 1.92. The number of nitrogens with one attached hydrogen (secondary N) is 1. The lowest BCUT2D eigenvalue weighted by Crippen LogP contribution is -2.11. The van der Waals surface area contributed by atoms with E-state index >= 15 is 0 Å². The number of carboxylic acids is 1. The molecule has 0 aliphatic carbocycles. The molecule has 0 fully saturated rings. The summed E-state index contributed by atoms with van der Waals surface area (Å²) in [5.74, 6) is -0.991. The second kappa shape index (κ2) is 5.44. The minimum absolute atomic E-state index is 0.0166. The molecule has 0 amide bonds. The first-order valence-corrected chi connectivity index (χ1v) is 6.02. The van der Waals surface area contributed by atoms with E-state index in [2.05, 4.69) is 5.32 Å². The van der Waals surface area contributed by atoms with Gasteiger partial charge < -0.3 is 16.2 Å². The lowest BCUT2D eigenvalue weighted by atomic mass is 10.1. The Morgan fingerprint density at radius 3 is 2.53 bits per heavy atom. The molecule has 0 bridgehead atoms. The summed E-state index contributed by atoms with van der Waals surface area (Å²) < 4.78 is 0. The van der Waals surface area contributed by atoms with E-state index in [0.29, 0.717) is 11.4 Å². The minimum Gasteiger partial charge on any atom is -0.478 e. The Morgan fingerprint density at radius 2 is 1.89 bits per heavy atom. The van der Waals surface area contributed by atoms with E-state index in [1.54, 1.807) is 12.1 Å². The standard InChI is InChI=1S/C15H16N2O2/c1-10(11-5-3-2-4-6-11)17-14-8-7-12(16)9-13(14)15(18)19/h2-10,17H,16H2,1H3,(H,18,19)/t10-/m0/s1. The molecule has 98 valence electrons. The predicted octanol–water partition coefficient (Wildman–Crippen LogP) is 3.14. The van der Waals surface area contributed by atoms with E-state index in [4.69, 9.17) is 5.73 Å². The van der Waals surface area contributed by atoms with Gasteiger partial charge in [0, 0.05) is 17.4 Å². The first kappa shape index (κ1) is 13.0. The molecule has 0 saturated carbocycles. The number of benzene rings is 2. The number of hydrogen-bond donors (Lipinski definition) is 3. The van der Waals surface area contributed by atoms with Crippen molar-refractivity contribution in [3.63, 3.8) is 0 Å². The Labute approximate surface area is 111 Å². The molecule has 4 heteroatoms. The fourth-order valence-corrected chi connectivity index (χ4v) is 1.92. The first-order valence-electron chi connectivity index (χ1n) is 6.02. The van der Waals surface area contributed by atoms with Crippen LogP contribution < -0.4 is 11.1 Å². The number of anilines is 2. The zero-order valence-electron chi connectivity index (χ0n) is 10.6. The minimum atomic E-state index is -0.991. The molecule has 1 atom stereocenters. The van der Waals surface area contributed by atoms with Crippen molar-refractivity contribution < 1.29 is 9.90 Å². The van der Waals surface area contributed by atoms with Crippen LogP contribution >= 0.6 is 0 Å². The van der Waals surface area contributed by atoms with Gasteiger partial charge in [-0.1, -0.05) is 30.3 Å². The highest BCUT2D eigenvalue weighted by atomic mass is 16.4. The molecular formula is C15H16N2O2. The van der Waals surface area contributed by atoms with Crippen LogP contribution in [0.3, 0.4) is 0 Å². The molecule has 2 rings (SSSR count). The maximum Gasteiger partial charge on any atom is 0.337 e. The Hall–Kier alpha value is -2.49. The number of aromatic carboxylic acids is 1. The van der Waals surface area contributed by atoms with Crippen molar-refractivity contribution in [3.8, 4) is 0 Å².